The lowest BCUT2D eigenvalue weighted by atomic mass is 9.85. The lowest BCUT2D eigenvalue weighted by molar-refractivity contribution is -0.136. The Kier molecular flexibility index (Phi) is 12.3. The zero-order valence-corrected chi connectivity index (χ0v) is 23.4. The van der Waals surface area contributed by atoms with Crippen LogP contribution in [0, 0.1) is 12.8 Å². The molecule has 1 heterocycles. The third kappa shape index (κ3) is 9.72. The lowest BCUT2D eigenvalue weighted by Crippen LogP contribution is -2.17. The van der Waals surface area contributed by atoms with Gasteiger partial charge in [-0.15, -0.1) is 0 Å². The minimum atomic E-state index is -0.843. The highest BCUT2D eigenvalue weighted by molar-refractivity contribution is 5.70. The summed E-state index contributed by atoms with van der Waals surface area (Å²) in [5.41, 5.74) is 4.80. The highest BCUT2D eigenvalue weighted by Gasteiger charge is 2.24. The fraction of sp³-hybridized carbons (Fsp3) is 0.424. The van der Waals surface area contributed by atoms with E-state index in [1.165, 1.54) is 18.4 Å². The number of aryl methyl sites for hydroxylation is 1. The van der Waals surface area contributed by atoms with Gasteiger partial charge in [-0.05, 0) is 85.8 Å². The van der Waals surface area contributed by atoms with E-state index >= 15 is 0 Å². The summed E-state index contributed by atoms with van der Waals surface area (Å²) in [6, 6.07) is 21.8. The maximum Gasteiger partial charge on any atom is 0.307 e. The van der Waals surface area contributed by atoms with E-state index in [2.05, 4.69) is 12.1 Å². The lowest BCUT2D eigenvalue weighted by Gasteiger charge is -2.25. The summed E-state index contributed by atoms with van der Waals surface area (Å²) in [5, 5.41) is 20.5. The molecule has 2 N–H and O–H groups in total. The molecule has 0 amide bonds. The number of hydrogen-bond donors (Lipinski definition) is 2. The normalized spacial score (nSPS) is 14.2. The van der Waals surface area contributed by atoms with E-state index in [4.69, 9.17) is 19.3 Å². The van der Waals surface area contributed by atoms with Gasteiger partial charge in [0.05, 0.1) is 26.7 Å². The molecule has 1 saturated heterocycles. The van der Waals surface area contributed by atoms with Gasteiger partial charge < -0.3 is 24.4 Å². The van der Waals surface area contributed by atoms with E-state index in [0.29, 0.717) is 17.9 Å². The van der Waals surface area contributed by atoms with Gasteiger partial charge in [0.2, 0.25) is 0 Å². The minimum absolute atomic E-state index is 0.00631. The number of benzene rings is 3. The summed E-state index contributed by atoms with van der Waals surface area (Å²) in [6.45, 7) is 3.93. The van der Waals surface area contributed by atoms with E-state index in [-0.39, 0.29) is 12.3 Å². The number of carboxylic acid groups (broad SMARTS) is 1. The molecule has 0 radical (unpaired) electrons. The Morgan fingerprint density at radius 2 is 1.49 bits per heavy atom. The van der Waals surface area contributed by atoms with Gasteiger partial charge >= 0.3 is 5.97 Å². The van der Waals surface area contributed by atoms with E-state index < -0.39 is 12.1 Å². The number of ether oxygens (including phenoxy) is 3. The Morgan fingerprint density at radius 3 is 2.00 bits per heavy atom. The summed E-state index contributed by atoms with van der Waals surface area (Å²) in [6.07, 6.45) is 5.28. The summed E-state index contributed by atoms with van der Waals surface area (Å²) >= 11 is 0. The van der Waals surface area contributed by atoms with Gasteiger partial charge in [0, 0.05) is 18.8 Å². The van der Waals surface area contributed by atoms with Crippen LogP contribution in [0.3, 0.4) is 0 Å². The number of hydrogen-bond acceptors (Lipinski definition) is 5. The summed E-state index contributed by atoms with van der Waals surface area (Å²) in [7, 11) is 3.24. The van der Waals surface area contributed by atoms with Gasteiger partial charge in [-0.25, -0.2) is 0 Å². The van der Waals surface area contributed by atoms with Gasteiger partial charge in [-0.3, -0.25) is 4.79 Å². The SMILES string of the molecule is C1CCOC1.COc1cc(C(O)C(CCCc2ccccc2)Cc2ccc(CC(=O)O)cc2)cc(OC)c1C. The van der Waals surface area contributed by atoms with E-state index in [1.54, 1.807) is 14.2 Å². The van der Waals surface area contributed by atoms with Crippen molar-refractivity contribution in [1.29, 1.82) is 0 Å². The maximum atomic E-state index is 11.5. The van der Waals surface area contributed by atoms with Crippen molar-refractivity contribution >= 4 is 5.97 Å². The molecule has 0 aromatic heterocycles. The van der Waals surface area contributed by atoms with Crippen LogP contribution in [-0.2, 0) is 28.8 Å². The number of methoxy groups -OCH3 is 2. The molecule has 3 aromatic rings. The molecule has 1 fully saturated rings. The fourth-order valence-electron chi connectivity index (χ4n) is 4.91. The Hall–Kier alpha value is -3.35. The summed E-state index contributed by atoms with van der Waals surface area (Å²) in [4.78, 5) is 11.0. The first-order valence-corrected chi connectivity index (χ1v) is 13.7. The van der Waals surface area contributed by atoms with Crippen molar-refractivity contribution in [1.82, 2.24) is 0 Å². The summed E-state index contributed by atoms with van der Waals surface area (Å²) in [5.74, 6) is 0.513. The molecule has 4 rings (SSSR count). The largest absolute Gasteiger partial charge is 0.496 e. The van der Waals surface area contributed by atoms with Gasteiger partial charge in [-0.1, -0.05) is 54.6 Å². The predicted molar refractivity (Wildman–Crippen MR) is 154 cm³/mol. The predicted octanol–water partition coefficient (Wildman–Crippen LogP) is 6.35. The van der Waals surface area contributed by atoms with Crippen LogP contribution < -0.4 is 9.47 Å². The molecule has 210 valence electrons. The minimum Gasteiger partial charge on any atom is -0.496 e. The highest BCUT2D eigenvalue weighted by Crippen LogP contribution is 2.36. The Morgan fingerprint density at radius 1 is 0.897 bits per heavy atom. The molecule has 6 heteroatoms. The smallest absolute Gasteiger partial charge is 0.307 e. The molecule has 2 unspecified atom stereocenters. The molecule has 0 aliphatic carbocycles. The third-order valence-electron chi connectivity index (χ3n) is 7.15. The van der Waals surface area contributed by atoms with Crippen LogP contribution in [0.5, 0.6) is 11.5 Å². The molecule has 6 nitrogen and oxygen atoms in total. The number of carboxylic acids is 1. The van der Waals surface area contributed by atoms with Gasteiger partial charge in [0.25, 0.3) is 0 Å². The van der Waals surface area contributed by atoms with Crippen molar-refractivity contribution in [2.24, 2.45) is 5.92 Å². The molecule has 39 heavy (non-hydrogen) atoms. The molecule has 1 aliphatic rings. The van der Waals surface area contributed by atoms with Crippen LogP contribution in [0.4, 0.5) is 0 Å². The topological polar surface area (TPSA) is 85.2 Å². The van der Waals surface area contributed by atoms with Crippen LogP contribution in [0.25, 0.3) is 0 Å². The Bertz CT molecular complexity index is 1110. The number of aliphatic carboxylic acids is 1. The Balaban J connectivity index is 0.000000753. The van der Waals surface area contributed by atoms with Crippen molar-refractivity contribution < 1.29 is 29.2 Å². The summed E-state index contributed by atoms with van der Waals surface area (Å²) < 4.78 is 16.0. The van der Waals surface area contributed by atoms with E-state index in [9.17, 15) is 9.90 Å². The second-order valence-electron chi connectivity index (χ2n) is 10.0. The van der Waals surface area contributed by atoms with Crippen molar-refractivity contribution in [3.05, 3.63) is 94.5 Å². The van der Waals surface area contributed by atoms with Crippen LogP contribution in [0.2, 0.25) is 0 Å². The molecule has 1 aliphatic heterocycles. The van der Waals surface area contributed by atoms with Crippen molar-refractivity contribution in [2.75, 3.05) is 27.4 Å². The first-order chi connectivity index (χ1) is 18.9. The molecule has 2 atom stereocenters. The average Bonchev–Trinajstić information content (AvgIpc) is 3.54. The van der Waals surface area contributed by atoms with Crippen molar-refractivity contribution in [3.8, 4) is 11.5 Å². The maximum absolute atomic E-state index is 11.5. The van der Waals surface area contributed by atoms with E-state index in [1.807, 2.05) is 61.5 Å². The first-order valence-electron chi connectivity index (χ1n) is 13.7. The number of aliphatic hydroxyl groups excluding tert-OH is 1. The molecule has 0 spiro atoms. The second-order valence-corrected chi connectivity index (χ2v) is 10.0. The van der Waals surface area contributed by atoms with Crippen molar-refractivity contribution in [3.63, 3.8) is 0 Å². The highest BCUT2D eigenvalue weighted by atomic mass is 16.5. The molecular weight excluding hydrogens is 492 g/mol. The van der Waals surface area contributed by atoms with Crippen LogP contribution in [0.1, 0.15) is 59.6 Å². The fourth-order valence-corrected chi connectivity index (χ4v) is 4.91. The number of aliphatic hydroxyl groups is 1. The molecular formula is C33H42O6. The zero-order valence-electron chi connectivity index (χ0n) is 23.4. The quantitative estimate of drug-likeness (QED) is 0.282. The average molecular weight is 535 g/mol. The first kappa shape index (κ1) is 30.2. The number of rotatable bonds is 12. The van der Waals surface area contributed by atoms with Crippen molar-refractivity contribution in [2.45, 2.75) is 58.0 Å². The van der Waals surface area contributed by atoms with Crippen LogP contribution in [-0.4, -0.2) is 43.6 Å². The number of carbonyl (C=O) groups is 1. The van der Waals surface area contributed by atoms with Gasteiger partial charge in [0.1, 0.15) is 11.5 Å². The molecule has 3 aromatic carbocycles. The third-order valence-corrected chi connectivity index (χ3v) is 7.15. The molecule has 0 bridgehead atoms. The zero-order chi connectivity index (χ0) is 28.0. The standard InChI is InChI=1S/C29H34O5.C4H8O/c1-20-26(33-2)18-25(19-27(20)34-3)29(32)24(11-7-10-21-8-5-4-6-9-21)16-22-12-14-23(15-13-22)17-28(30)31;1-2-4-5-3-1/h4-6,8-9,12-15,18-19,24,29,32H,7,10-11,16-17H2,1-3H3,(H,30,31);1-4H2. The van der Waals surface area contributed by atoms with E-state index in [0.717, 1.165) is 54.7 Å². The molecule has 0 saturated carbocycles. The Labute approximate surface area is 232 Å². The van der Waals surface area contributed by atoms with Crippen LogP contribution in [0.15, 0.2) is 66.7 Å². The van der Waals surface area contributed by atoms with Crippen LogP contribution >= 0.6 is 0 Å². The monoisotopic (exact) mass is 534 g/mol. The van der Waals surface area contributed by atoms with Gasteiger partial charge in [-0.2, -0.15) is 0 Å². The van der Waals surface area contributed by atoms with Gasteiger partial charge in [0.15, 0.2) is 0 Å². The second kappa shape index (κ2) is 15.9.